The monoisotopic (exact) mass is 517 g/mol. The quantitative estimate of drug-likeness (QED) is 0.386. The molecule has 1 aliphatic rings. The smallest absolute Gasteiger partial charge is 0.271 e. The van der Waals surface area contributed by atoms with E-state index in [1.807, 2.05) is 50.6 Å². The van der Waals surface area contributed by atoms with Crippen molar-refractivity contribution in [1.82, 2.24) is 9.72 Å². The third-order valence-electron chi connectivity index (χ3n) is 5.69. The summed E-state index contributed by atoms with van der Waals surface area (Å²) in [6.45, 7) is 7.19. The highest BCUT2D eigenvalue weighted by molar-refractivity contribution is 8.08. The Morgan fingerprint density at radius 3 is 2.85 bits per heavy atom. The van der Waals surface area contributed by atoms with Crippen LogP contribution < -0.4 is 24.2 Å². The van der Waals surface area contributed by atoms with Crippen LogP contribution in [-0.4, -0.2) is 16.8 Å². The van der Waals surface area contributed by atoms with Crippen LogP contribution in [0.4, 0.5) is 5.69 Å². The molecule has 1 aliphatic heterocycles. The van der Waals surface area contributed by atoms with Gasteiger partial charge in [0.05, 0.1) is 28.4 Å². The van der Waals surface area contributed by atoms with E-state index in [9.17, 15) is 4.79 Å². The zero-order valence-corrected chi connectivity index (χ0v) is 21.8. The Balaban J connectivity index is 1.62. The molecule has 0 N–H and O–H groups in total. The van der Waals surface area contributed by atoms with Gasteiger partial charge in [-0.3, -0.25) is 9.36 Å². The summed E-state index contributed by atoms with van der Waals surface area (Å²) in [5.74, 6) is 0.832. The van der Waals surface area contributed by atoms with Crippen molar-refractivity contribution in [3.05, 3.63) is 76.4 Å². The van der Waals surface area contributed by atoms with Gasteiger partial charge >= 0.3 is 0 Å². The van der Waals surface area contributed by atoms with Gasteiger partial charge in [-0.15, -0.1) is 11.3 Å². The van der Waals surface area contributed by atoms with Crippen LogP contribution in [0.1, 0.15) is 28.9 Å². The van der Waals surface area contributed by atoms with Crippen LogP contribution >= 0.6 is 46.0 Å². The average molecular weight is 518 g/mol. The van der Waals surface area contributed by atoms with Crippen LogP contribution in [0.5, 0.6) is 0 Å². The third-order valence-corrected chi connectivity index (χ3v) is 9.24. The second kappa shape index (κ2) is 8.79. The van der Waals surface area contributed by atoms with Crippen LogP contribution in [-0.2, 0) is 13.1 Å². The minimum absolute atomic E-state index is 0.0378. The molecule has 6 nitrogen and oxygen atoms in total. The molecule has 33 heavy (non-hydrogen) atoms. The number of aromatic nitrogens is 3. The number of rotatable bonds is 4. The zero-order valence-electron chi connectivity index (χ0n) is 18.6. The fraction of sp³-hybridized carbons (Fsp3) is 0.261. The van der Waals surface area contributed by atoms with Crippen LogP contribution in [0, 0.1) is 13.8 Å². The number of benzene rings is 1. The van der Waals surface area contributed by atoms with Crippen molar-refractivity contribution in [2.75, 3.05) is 11.9 Å². The Labute approximate surface area is 208 Å². The van der Waals surface area contributed by atoms with Crippen LogP contribution in [0.2, 0.25) is 5.02 Å². The Morgan fingerprint density at radius 2 is 2.12 bits per heavy atom. The van der Waals surface area contributed by atoms with Gasteiger partial charge < -0.3 is 9.42 Å². The molecular weight excluding hydrogens is 496 g/mol. The topological polar surface area (TPSA) is 55.2 Å². The van der Waals surface area contributed by atoms with E-state index >= 15 is 0 Å². The molecule has 0 spiro atoms. The molecule has 1 aromatic carbocycles. The number of nitrogens with zero attached hydrogens (tertiary/aromatic N) is 4. The van der Waals surface area contributed by atoms with Crippen LogP contribution in [0.15, 0.2) is 44.0 Å². The Bertz CT molecular complexity index is 1530. The number of aryl methyl sites for hydroxylation is 2. The van der Waals surface area contributed by atoms with Crippen LogP contribution in [0.3, 0.4) is 0 Å². The van der Waals surface area contributed by atoms with E-state index in [0.717, 1.165) is 46.8 Å². The molecular formula is C23H22ClN4O2S3+. The average Bonchev–Trinajstić information content (AvgIpc) is 3.52. The predicted molar refractivity (Wildman–Crippen MR) is 136 cm³/mol. The molecule has 3 aromatic heterocycles. The van der Waals surface area contributed by atoms with Gasteiger partial charge in [0.25, 0.3) is 10.6 Å². The first-order valence-corrected chi connectivity index (χ1v) is 13.3. The van der Waals surface area contributed by atoms with Crippen molar-refractivity contribution in [1.29, 1.82) is 0 Å². The Kier molecular flexibility index (Phi) is 5.98. The number of thiazole rings is 2. The lowest BCUT2D eigenvalue weighted by Crippen LogP contribution is -2.36. The Morgan fingerprint density at radius 1 is 1.30 bits per heavy atom. The van der Waals surface area contributed by atoms with Crippen molar-refractivity contribution in [2.45, 2.75) is 38.8 Å². The first kappa shape index (κ1) is 22.5. The molecule has 0 atom stereocenters. The standard InChI is InChI=1S/C23H22ClN4O2S3/c1-5-28-20(11-19-27(8-9-31-19)12-16-13(2)25-30-14(16)3)33-21(22(28)29)23-26(4)17-7-6-15(24)10-18(17)32-23/h6-11H,5,12H2,1-4H3/q+1/b23-21+. The molecule has 4 heterocycles. The van der Waals surface area contributed by atoms with Gasteiger partial charge in [0.1, 0.15) is 20.0 Å². The molecule has 0 radical (unpaired) electrons. The highest BCUT2D eigenvalue weighted by Gasteiger charge is 2.25. The maximum atomic E-state index is 13.4. The minimum atomic E-state index is 0.0378. The predicted octanol–water partition coefficient (Wildman–Crippen LogP) is 3.72. The largest absolute Gasteiger partial charge is 0.361 e. The van der Waals surface area contributed by atoms with Crippen molar-refractivity contribution in [3.8, 4) is 0 Å². The molecule has 5 rings (SSSR count). The van der Waals surface area contributed by atoms with Gasteiger partial charge in [0, 0.05) is 23.5 Å². The van der Waals surface area contributed by atoms with Gasteiger partial charge in [0.15, 0.2) is 12.7 Å². The summed E-state index contributed by atoms with van der Waals surface area (Å²) in [4.78, 5) is 16.5. The normalized spacial score (nSPS) is 15.5. The van der Waals surface area contributed by atoms with Gasteiger partial charge in [0.2, 0.25) is 0 Å². The highest BCUT2D eigenvalue weighted by Crippen LogP contribution is 2.46. The number of hydrogen-bond donors (Lipinski definition) is 0. The van der Waals surface area contributed by atoms with Gasteiger partial charge in [-0.05, 0) is 39.0 Å². The highest BCUT2D eigenvalue weighted by atomic mass is 35.5. The van der Waals surface area contributed by atoms with Crippen molar-refractivity contribution < 1.29 is 9.09 Å². The maximum Gasteiger partial charge on any atom is 0.271 e. The molecule has 0 fully saturated rings. The number of anilines is 1. The minimum Gasteiger partial charge on any atom is -0.361 e. The van der Waals surface area contributed by atoms with E-state index in [0.29, 0.717) is 18.1 Å². The van der Waals surface area contributed by atoms with Crippen molar-refractivity contribution in [3.63, 3.8) is 0 Å². The summed E-state index contributed by atoms with van der Waals surface area (Å²) in [6.07, 6.45) is 4.16. The molecule has 0 unspecified atom stereocenters. The van der Waals surface area contributed by atoms with E-state index in [-0.39, 0.29) is 5.56 Å². The number of halogens is 1. The summed E-state index contributed by atoms with van der Waals surface area (Å²) in [6, 6.07) is 5.83. The first-order valence-electron chi connectivity index (χ1n) is 10.4. The maximum absolute atomic E-state index is 13.4. The number of thioether (sulfide) groups is 1. The summed E-state index contributed by atoms with van der Waals surface area (Å²) in [5.41, 5.74) is 3.09. The van der Waals surface area contributed by atoms with E-state index < -0.39 is 0 Å². The molecule has 10 heteroatoms. The summed E-state index contributed by atoms with van der Waals surface area (Å²) in [5, 5.41) is 8.84. The lowest BCUT2D eigenvalue weighted by atomic mass is 10.2. The van der Waals surface area contributed by atoms with E-state index in [1.165, 1.54) is 11.3 Å². The van der Waals surface area contributed by atoms with E-state index in [1.54, 1.807) is 23.1 Å². The molecule has 0 saturated heterocycles. The summed E-state index contributed by atoms with van der Waals surface area (Å²) in [7, 11) is 2.00. The number of hydrogen-bond acceptors (Lipinski definition) is 7. The summed E-state index contributed by atoms with van der Waals surface area (Å²) >= 11 is 11.0. The first-order chi connectivity index (χ1) is 15.9. The molecule has 0 bridgehead atoms. The van der Waals surface area contributed by atoms with Gasteiger partial charge in [-0.25, -0.2) is 0 Å². The Hall–Kier alpha value is -2.33. The van der Waals surface area contributed by atoms with Gasteiger partial charge in [-0.1, -0.05) is 39.9 Å². The molecule has 0 amide bonds. The lowest BCUT2D eigenvalue weighted by Gasteiger charge is -2.12. The number of fused-ring (bicyclic) bond motifs is 1. The van der Waals surface area contributed by atoms with Crippen LogP contribution in [0.25, 0.3) is 11.1 Å². The van der Waals surface area contributed by atoms with E-state index in [4.69, 9.17) is 16.1 Å². The van der Waals surface area contributed by atoms with Gasteiger partial charge in [-0.2, -0.15) is 4.57 Å². The fourth-order valence-electron chi connectivity index (χ4n) is 3.86. The second-order valence-electron chi connectivity index (χ2n) is 7.71. The zero-order chi connectivity index (χ0) is 23.3. The van der Waals surface area contributed by atoms with E-state index in [2.05, 4.69) is 32.3 Å². The SMILES string of the molecule is CCn1c(=O)/c(=C2\Sc3cc(Cl)ccc3N2C)s/c1=C\c1scc[n+]1Cc1c(C)noc1C. The summed E-state index contributed by atoms with van der Waals surface area (Å²) < 4.78 is 11.0. The fourth-order valence-corrected chi connectivity index (χ4v) is 7.45. The molecule has 4 aromatic rings. The van der Waals surface area contributed by atoms with Crippen molar-refractivity contribution in [2.24, 2.45) is 0 Å². The van der Waals surface area contributed by atoms with Crippen molar-refractivity contribution >= 4 is 62.8 Å². The second-order valence-corrected chi connectivity index (χ2v) is 11.1. The molecule has 0 saturated carbocycles. The molecule has 170 valence electrons. The lowest BCUT2D eigenvalue weighted by molar-refractivity contribution is -0.685. The molecule has 0 aliphatic carbocycles. The third kappa shape index (κ3) is 3.97.